The summed E-state index contributed by atoms with van der Waals surface area (Å²) in [7, 11) is 0. The number of nitrogens with zero attached hydrogens (tertiary/aromatic N) is 1. The lowest BCUT2D eigenvalue weighted by Gasteiger charge is -2.37. The minimum Gasteiger partial charge on any atom is -0.372 e. The summed E-state index contributed by atoms with van der Waals surface area (Å²) in [4.78, 5) is 2.20. The van der Waals surface area contributed by atoms with E-state index >= 15 is 0 Å². The second-order valence-electron chi connectivity index (χ2n) is 5.24. The van der Waals surface area contributed by atoms with Crippen LogP contribution in [0.1, 0.15) is 32.4 Å². The van der Waals surface area contributed by atoms with Crippen molar-refractivity contribution in [2.24, 2.45) is 0 Å². The predicted octanol–water partition coefficient (Wildman–Crippen LogP) is 2.73. The Morgan fingerprint density at radius 2 is 1.84 bits per heavy atom. The summed E-state index contributed by atoms with van der Waals surface area (Å²) >= 11 is 5.52. The second kappa shape index (κ2) is 6.35. The van der Waals surface area contributed by atoms with Gasteiger partial charge in [-0.25, -0.2) is 0 Å². The van der Waals surface area contributed by atoms with Gasteiger partial charge in [0.05, 0.1) is 18.2 Å². The molecule has 3 nitrogen and oxygen atoms in total. The summed E-state index contributed by atoms with van der Waals surface area (Å²) in [5.74, 6) is 0. The highest BCUT2D eigenvalue weighted by Crippen LogP contribution is 2.14. The highest BCUT2D eigenvalue weighted by atomic mass is 32.1. The molecule has 4 heteroatoms. The van der Waals surface area contributed by atoms with Gasteiger partial charge in [-0.1, -0.05) is 30.3 Å². The molecular weight excluding hydrogens is 256 g/mol. The van der Waals surface area contributed by atoms with Crippen molar-refractivity contribution in [3.05, 3.63) is 35.9 Å². The maximum Gasteiger partial charge on any atom is 0.169 e. The first-order chi connectivity index (χ1) is 9.06. The fraction of sp³-hybridized carbons (Fsp3) is 0.533. The molecule has 0 unspecified atom stereocenters. The minimum atomic E-state index is 0.224. The van der Waals surface area contributed by atoms with Crippen LogP contribution in [0.15, 0.2) is 30.3 Å². The van der Waals surface area contributed by atoms with Gasteiger partial charge in [0.15, 0.2) is 5.11 Å². The van der Waals surface area contributed by atoms with Crippen molar-refractivity contribution in [3.8, 4) is 0 Å². The summed E-state index contributed by atoms with van der Waals surface area (Å²) in [5, 5.41) is 4.23. The number of hydrogen-bond donors (Lipinski definition) is 1. The van der Waals surface area contributed by atoms with Crippen LogP contribution in [-0.4, -0.2) is 35.3 Å². The monoisotopic (exact) mass is 278 g/mol. The largest absolute Gasteiger partial charge is 0.372 e. The first-order valence-corrected chi connectivity index (χ1v) is 7.23. The van der Waals surface area contributed by atoms with E-state index in [1.807, 2.05) is 6.07 Å². The molecule has 0 amide bonds. The zero-order valence-corrected chi connectivity index (χ0v) is 12.6. The summed E-state index contributed by atoms with van der Waals surface area (Å²) in [5.41, 5.74) is 1.25. The predicted molar refractivity (Wildman–Crippen MR) is 82.2 cm³/mol. The van der Waals surface area contributed by atoms with E-state index in [2.05, 4.69) is 55.3 Å². The Morgan fingerprint density at radius 3 is 2.42 bits per heavy atom. The molecule has 1 saturated heterocycles. The Balaban J connectivity index is 1.93. The van der Waals surface area contributed by atoms with Gasteiger partial charge in [-0.2, -0.15) is 0 Å². The maximum atomic E-state index is 5.73. The van der Waals surface area contributed by atoms with E-state index in [0.29, 0.717) is 0 Å². The average molecular weight is 278 g/mol. The maximum absolute atomic E-state index is 5.73. The van der Waals surface area contributed by atoms with E-state index in [0.717, 1.165) is 18.2 Å². The van der Waals surface area contributed by atoms with Gasteiger partial charge in [-0.15, -0.1) is 0 Å². The van der Waals surface area contributed by atoms with Crippen LogP contribution in [0.4, 0.5) is 0 Å². The number of rotatable bonds is 2. The minimum absolute atomic E-state index is 0.224. The quantitative estimate of drug-likeness (QED) is 0.841. The van der Waals surface area contributed by atoms with Crippen molar-refractivity contribution < 1.29 is 4.74 Å². The lowest BCUT2D eigenvalue weighted by Crippen LogP contribution is -2.51. The third kappa shape index (κ3) is 3.91. The SMILES string of the molecule is C[C@@H]1CN(C(=S)N[C@H](C)c2ccccc2)C[C@@H](C)O1. The number of ether oxygens (including phenoxy) is 1. The van der Waals surface area contributed by atoms with Crippen molar-refractivity contribution in [3.63, 3.8) is 0 Å². The molecular formula is C15H22N2OS. The molecule has 1 aromatic carbocycles. The van der Waals surface area contributed by atoms with Crippen molar-refractivity contribution >= 4 is 17.3 Å². The normalized spacial score (nSPS) is 24.9. The third-order valence-corrected chi connectivity index (χ3v) is 3.72. The number of benzene rings is 1. The van der Waals surface area contributed by atoms with Gasteiger partial charge in [0.1, 0.15) is 0 Å². The standard InChI is InChI=1S/C15H22N2OS/c1-11-9-17(10-12(2)18-11)15(19)16-13(3)14-7-5-4-6-8-14/h4-8,11-13H,9-10H2,1-3H3,(H,16,19)/t11-,12-,13-/m1/s1. The fourth-order valence-electron chi connectivity index (χ4n) is 2.45. The van der Waals surface area contributed by atoms with Crippen molar-refractivity contribution in [2.45, 2.75) is 39.0 Å². The van der Waals surface area contributed by atoms with Crippen LogP contribution in [0.5, 0.6) is 0 Å². The molecule has 2 rings (SSSR count). The van der Waals surface area contributed by atoms with Gasteiger partial charge in [0.2, 0.25) is 0 Å². The summed E-state index contributed by atoms with van der Waals surface area (Å²) in [6, 6.07) is 10.6. The third-order valence-electron chi connectivity index (χ3n) is 3.35. The van der Waals surface area contributed by atoms with E-state index < -0.39 is 0 Å². The molecule has 19 heavy (non-hydrogen) atoms. The molecule has 1 N–H and O–H groups in total. The molecule has 1 aliphatic heterocycles. The molecule has 0 bridgehead atoms. The first kappa shape index (κ1) is 14.3. The van der Waals surface area contributed by atoms with Gasteiger partial charge in [0, 0.05) is 13.1 Å². The molecule has 1 heterocycles. The fourth-order valence-corrected chi connectivity index (χ4v) is 2.77. The van der Waals surface area contributed by atoms with Gasteiger partial charge >= 0.3 is 0 Å². The Bertz CT molecular complexity index is 413. The molecule has 1 aromatic rings. The Morgan fingerprint density at radius 1 is 1.26 bits per heavy atom. The van der Waals surface area contributed by atoms with Gasteiger partial charge in [-0.3, -0.25) is 0 Å². The summed E-state index contributed by atoms with van der Waals surface area (Å²) in [6.45, 7) is 8.03. The number of hydrogen-bond acceptors (Lipinski definition) is 2. The lowest BCUT2D eigenvalue weighted by molar-refractivity contribution is -0.0483. The van der Waals surface area contributed by atoms with Crippen LogP contribution in [0.3, 0.4) is 0 Å². The van der Waals surface area contributed by atoms with Crippen LogP contribution in [0.2, 0.25) is 0 Å². The van der Waals surface area contributed by atoms with Crippen LogP contribution >= 0.6 is 12.2 Å². The van der Waals surface area contributed by atoms with Gasteiger partial charge in [-0.05, 0) is 38.6 Å². The molecule has 1 aliphatic rings. The molecule has 104 valence electrons. The topological polar surface area (TPSA) is 24.5 Å². The second-order valence-corrected chi connectivity index (χ2v) is 5.63. The van der Waals surface area contributed by atoms with E-state index in [1.54, 1.807) is 0 Å². The van der Waals surface area contributed by atoms with Crippen LogP contribution in [0.25, 0.3) is 0 Å². The molecule has 0 radical (unpaired) electrons. The molecule has 0 spiro atoms. The van der Waals surface area contributed by atoms with Gasteiger partial charge < -0.3 is 15.0 Å². The Hall–Kier alpha value is -1.13. The Kier molecular flexibility index (Phi) is 4.77. The van der Waals surface area contributed by atoms with E-state index in [-0.39, 0.29) is 18.2 Å². The molecule has 0 saturated carbocycles. The van der Waals surface area contributed by atoms with Crippen molar-refractivity contribution in [2.75, 3.05) is 13.1 Å². The van der Waals surface area contributed by atoms with Crippen LogP contribution in [0, 0.1) is 0 Å². The van der Waals surface area contributed by atoms with E-state index in [1.165, 1.54) is 5.56 Å². The highest BCUT2D eigenvalue weighted by Gasteiger charge is 2.24. The summed E-state index contributed by atoms with van der Waals surface area (Å²) in [6.07, 6.45) is 0.464. The summed E-state index contributed by atoms with van der Waals surface area (Å²) < 4.78 is 5.73. The van der Waals surface area contributed by atoms with Crippen molar-refractivity contribution in [1.82, 2.24) is 10.2 Å². The average Bonchev–Trinajstić information content (AvgIpc) is 2.38. The van der Waals surface area contributed by atoms with E-state index in [9.17, 15) is 0 Å². The van der Waals surface area contributed by atoms with Gasteiger partial charge in [0.25, 0.3) is 0 Å². The molecule has 3 atom stereocenters. The van der Waals surface area contributed by atoms with Crippen molar-refractivity contribution in [1.29, 1.82) is 0 Å². The number of thiocarbonyl (C=S) groups is 1. The van der Waals surface area contributed by atoms with Crippen LogP contribution in [-0.2, 0) is 4.74 Å². The molecule has 0 aliphatic carbocycles. The molecule has 1 fully saturated rings. The number of nitrogens with one attached hydrogen (secondary N) is 1. The first-order valence-electron chi connectivity index (χ1n) is 6.82. The highest BCUT2D eigenvalue weighted by molar-refractivity contribution is 7.80. The Labute approximate surface area is 120 Å². The zero-order chi connectivity index (χ0) is 13.8. The van der Waals surface area contributed by atoms with E-state index in [4.69, 9.17) is 17.0 Å². The lowest BCUT2D eigenvalue weighted by atomic mass is 10.1. The smallest absolute Gasteiger partial charge is 0.169 e. The zero-order valence-electron chi connectivity index (χ0n) is 11.8. The number of morpholine rings is 1. The molecule has 0 aromatic heterocycles. The van der Waals surface area contributed by atoms with Crippen LogP contribution < -0.4 is 5.32 Å².